The predicted molar refractivity (Wildman–Crippen MR) is 177 cm³/mol. The SMILES string of the molecule is COCCn1cc(Br)c(CN(C)C(=O)CCCn2cc(-c3cn(S(=O)(=O)C4(C)C=C(Br)C=CC4)c4ncccc34)c(C(F)(F)F)n2)n1. The number of hydrogen-bond donors (Lipinski definition) is 0. The van der Waals surface area contributed by atoms with E-state index in [1.165, 1.54) is 35.6 Å². The number of hydrogen-bond acceptors (Lipinski definition) is 7. The summed E-state index contributed by atoms with van der Waals surface area (Å²) in [7, 11) is -0.952. The van der Waals surface area contributed by atoms with Gasteiger partial charge in [0.1, 0.15) is 4.75 Å². The highest BCUT2D eigenvalue weighted by Gasteiger charge is 2.42. The van der Waals surface area contributed by atoms with Crippen LogP contribution >= 0.6 is 31.9 Å². The van der Waals surface area contributed by atoms with Gasteiger partial charge in [-0.2, -0.15) is 23.4 Å². The van der Waals surface area contributed by atoms with Gasteiger partial charge in [0.15, 0.2) is 11.3 Å². The molecule has 0 aromatic carbocycles. The second-order valence-electron chi connectivity index (χ2n) is 11.4. The normalized spacial score (nSPS) is 17.0. The molecule has 4 aromatic heterocycles. The summed E-state index contributed by atoms with van der Waals surface area (Å²) in [6.45, 7) is 2.85. The van der Waals surface area contributed by atoms with Gasteiger partial charge < -0.3 is 9.64 Å². The van der Waals surface area contributed by atoms with E-state index in [0.29, 0.717) is 23.3 Å². The van der Waals surface area contributed by atoms with Crippen molar-refractivity contribution in [2.75, 3.05) is 20.8 Å². The molecular formula is C30H32Br2F3N7O4S. The van der Waals surface area contributed by atoms with Gasteiger partial charge in [0.05, 0.1) is 29.9 Å². The Morgan fingerprint density at radius 3 is 2.57 bits per heavy atom. The Labute approximate surface area is 286 Å². The Kier molecular flexibility index (Phi) is 10.2. The van der Waals surface area contributed by atoms with Crippen molar-refractivity contribution in [1.29, 1.82) is 0 Å². The monoisotopic (exact) mass is 801 g/mol. The molecule has 252 valence electrons. The van der Waals surface area contributed by atoms with E-state index in [2.05, 4.69) is 47.0 Å². The number of halogens is 5. The first-order chi connectivity index (χ1) is 22.1. The van der Waals surface area contributed by atoms with Crippen LogP contribution in [0.15, 0.2) is 64.1 Å². The van der Waals surface area contributed by atoms with E-state index >= 15 is 0 Å². The molecule has 4 heterocycles. The average molecular weight is 804 g/mol. The largest absolute Gasteiger partial charge is 0.435 e. The van der Waals surface area contributed by atoms with E-state index in [0.717, 1.165) is 13.1 Å². The van der Waals surface area contributed by atoms with Crippen LogP contribution in [-0.2, 0) is 45.4 Å². The molecule has 0 fully saturated rings. The van der Waals surface area contributed by atoms with Gasteiger partial charge in [-0.25, -0.2) is 17.4 Å². The van der Waals surface area contributed by atoms with Crippen LogP contribution in [-0.4, -0.2) is 73.3 Å². The van der Waals surface area contributed by atoms with Gasteiger partial charge in [-0.1, -0.05) is 28.1 Å². The smallest absolute Gasteiger partial charge is 0.383 e. The fourth-order valence-corrected chi connectivity index (χ4v) is 8.25. The molecular weight excluding hydrogens is 771 g/mol. The summed E-state index contributed by atoms with van der Waals surface area (Å²) in [5, 5.41) is 8.52. The molecule has 0 saturated carbocycles. The van der Waals surface area contributed by atoms with E-state index in [4.69, 9.17) is 4.74 Å². The van der Waals surface area contributed by atoms with Crippen LogP contribution in [0.1, 0.15) is 37.6 Å². The molecule has 1 aliphatic rings. The van der Waals surface area contributed by atoms with E-state index in [1.807, 2.05) is 0 Å². The first-order valence-corrected chi connectivity index (χ1v) is 17.5. The summed E-state index contributed by atoms with van der Waals surface area (Å²) in [5.74, 6) is -0.210. The minimum absolute atomic E-state index is 0.00692. The Morgan fingerprint density at radius 2 is 1.87 bits per heavy atom. The van der Waals surface area contributed by atoms with Gasteiger partial charge in [0, 0.05) is 72.9 Å². The van der Waals surface area contributed by atoms with Gasteiger partial charge in [0.2, 0.25) is 15.9 Å². The highest BCUT2D eigenvalue weighted by molar-refractivity contribution is 9.12. The van der Waals surface area contributed by atoms with Gasteiger partial charge in [-0.05, 0) is 53.9 Å². The number of carbonyl (C=O) groups is 1. The molecule has 5 rings (SSSR count). The Hall–Kier alpha value is -3.28. The zero-order valence-corrected chi connectivity index (χ0v) is 29.7. The third-order valence-electron chi connectivity index (χ3n) is 7.85. The van der Waals surface area contributed by atoms with E-state index in [-0.39, 0.29) is 60.4 Å². The lowest BCUT2D eigenvalue weighted by Gasteiger charge is -2.27. The maximum atomic E-state index is 14.3. The number of aryl methyl sites for hydroxylation is 1. The predicted octanol–water partition coefficient (Wildman–Crippen LogP) is 6.14. The maximum absolute atomic E-state index is 14.3. The van der Waals surface area contributed by atoms with Crippen molar-refractivity contribution in [2.45, 2.75) is 56.7 Å². The average Bonchev–Trinajstić information content (AvgIpc) is 3.71. The fourth-order valence-electron chi connectivity index (χ4n) is 5.32. The quantitative estimate of drug-likeness (QED) is 0.169. The molecule has 0 aliphatic heterocycles. The van der Waals surface area contributed by atoms with Crippen LogP contribution in [0.25, 0.3) is 22.2 Å². The lowest BCUT2D eigenvalue weighted by atomic mass is 10.0. The summed E-state index contributed by atoms with van der Waals surface area (Å²) in [5.41, 5.74) is -0.749. The summed E-state index contributed by atoms with van der Waals surface area (Å²) in [4.78, 5) is 18.6. The summed E-state index contributed by atoms with van der Waals surface area (Å²) in [6.07, 6.45) is 6.24. The van der Waals surface area contributed by atoms with Crippen LogP contribution in [0.2, 0.25) is 0 Å². The van der Waals surface area contributed by atoms with Crippen molar-refractivity contribution in [1.82, 2.24) is 33.4 Å². The topological polar surface area (TPSA) is 117 Å². The minimum atomic E-state index is -4.83. The van der Waals surface area contributed by atoms with E-state index < -0.39 is 26.6 Å². The van der Waals surface area contributed by atoms with Crippen LogP contribution in [0, 0.1) is 0 Å². The molecule has 0 spiro atoms. The molecule has 11 nitrogen and oxygen atoms in total. The number of alkyl halides is 3. The van der Waals surface area contributed by atoms with Crippen molar-refractivity contribution in [2.24, 2.45) is 0 Å². The zero-order chi connectivity index (χ0) is 34.1. The molecule has 47 heavy (non-hydrogen) atoms. The lowest BCUT2D eigenvalue weighted by Crippen LogP contribution is -2.38. The molecule has 1 aliphatic carbocycles. The van der Waals surface area contributed by atoms with Crippen molar-refractivity contribution in [3.8, 4) is 11.1 Å². The number of aromatic nitrogens is 6. The standard InChI is InChI=1S/C30H32Br2F3N7O4S/c1-29(10-4-7-20(31)15-29)47(44,45)42-17-22(21-8-5-11-36-28(21)42)23-16-40(38-27(23)30(33,34)35)12-6-9-26(43)39(2)19-25-24(32)18-41(37-25)13-14-46-3/h4-5,7-8,11,15-18H,6,9-10,12-14,19H2,1-3H3. The number of methoxy groups -OCH3 is 1. The number of pyridine rings is 1. The number of ether oxygens (including phenoxy) is 1. The first-order valence-electron chi connectivity index (χ1n) is 14.5. The van der Waals surface area contributed by atoms with Crippen molar-refractivity contribution >= 4 is 58.8 Å². The lowest BCUT2D eigenvalue weighted by molar-refractivity contribution is -0.141. The second-order valence-corrected chi connectivity index (χ2v) is 15.4. The number of amides is 1. The number of rotatable bonds is 12. The molecule has 0 N–H and O–H groups in total. The molecule has 17 heteroatoms. The highest BCUT2D eigenvalue weighted by Crippen LogP contribution is 2.41. The van der Waals surface area contributed by atoms with Crippen LogP contribution in [0.5, 0.6) is 0 Å². The van der Waals surface area contributed by atoms with Crippen molar-refractivity contribution in [3.63, 3.8) is 0 Å². The van der Waals surface area contributed by atoms with Crippen LogP contribution in [0.3, 0.4) is 0 Å². The summed E-state index contributed by atoms with van der Waals surface area (Å²) < 4.78 is 79.8. The number of fused-ring (bicyclic) bond motifs is 1. The Bertz CT molecular complexity index is 1970. The molecule has 1 amide bonds. The zero-order valence-electron chi connectivity index (χ0n) is 25.7. The fraction of sp³-hybridized carbons (Fsp3) is 0.400. The maximum Gasteiger partial charge on any atom is 0.435 e. The third-order valence-corrected chi connectivity index (χ3v) is 11.3. The van der Waals surface area contributed by atoms with Gasteiger partial charge in [-0.15, -0.1) is 0 Å². The molecule has 1 unspecified atom stereocenters. The molecule has 4 aromatic rings. The second kappa shape index (κ2) is 13.7. The number of allylic oxidation sites excluding steroid dienone is 3. The van der Waals surface area contributed by atoms with Gasteiger partial charge >= 0.3 is 6.18 Å². The highest BCUT2D eigenvalue weighted by atomic mass is 79.9. The summed E-state index contributed by atoms with van der Waals surface area (Å²) >= 11 is 6.79. The van der Waals surface area contributed by atoms with Gasteiger partial charge in [0.25, 0.3) is 0 Å². The minimum Gasteiger partial charge on any atom is -0.383 e. The molecule has 0 bridgehead atoms. The van der Waals surface area contributed by atoms with Crippen molar-refractivity contribution in [3.05, 3.63) is 75.5 Å². The molecule has 0 radical (unpaired) electrons. The molecule has 0 saturated heterocycles. The Balaban J connectivity index is 1.38. The first kappa shape index (κ1) is 35.0. The number of nitrogens with zero attached hydrogens (tertiary/aromatic N) is 7. The van der Waals surface area contributed by atoms with Gasteiger partial charge in [-0.3, -0.25) is 14.2 Å². The van der Waals surface area contributed by atoms with E-state index in [9.17, 15) is 26.4 Å². The third kappa shape index (κ3) is 7.27. The van der Waals surface area contributed by atoms with Crippen LogP contribution in [0.4, 0.5) is 13.2 Å². The number of carbonyl (C=O) groups excluding carboxylic acids is 1. The van der Waals surface area contributed by atoms with Crippen LogP contribution < -0.4 is 0 Å². The molecule has 1 atom stereocenters. The summed E-state index contributed by atoms with van der Waals surface area (Å²) in [6, 6.07) is 3.07. The Morgan fingerprint density at radius 1 is 1.13 bits per heavy atom. The van der Waals surface area contributed by atoms with Crippen molar-refractivity contribution < 1.29 is 31.1 Å². The van der Waals surface area contributed by atoms with E-state index in [1.54, 1.807) is 50.2 Å².